The number of rotatable bonds is 6. The van der Waals surface area contributed by atoms with Gasteiger partial charge in [0.25, 0.3) is 0 Å². The second kappa shape index (κ2) is 6.68. The Labute approximate surface area is 113 Å². The molecule has 1 rings (SSSR count). The van der Waals surface area contributed by atoms with Gasteiger partial charge in [-0.05, 0) is 26.2 Å². The third-order valence-corrected chi connectivity index (χ3v) is 3.72. The number of hydrogen-bond donors (Lipinski definition) is 2. The topological polar surface area (TPSA) is 83.5 Å². The zero-order valence-corrected chi connectivity index (χ0v) is 11.7. The molecule has 0 spiro atoms. The van der Waals surface area contributed by atoms with Gasteiger partial charge in [-0.2, -0.15) is 0 Å². The molecule has 0 aromatic heterocycles. The van der Waals surface area contributed by atoms with E-state index in [1.807, 2.05) is 0 Å². The second-order valence-corrected chi connectivity index (χ2v) is 5.77. The molecule has 0 aliphatic heterocycles. The van der Waals surface area contributed by atoms with E-state index in [-0.39, 0.29) is 12.2 Å². The van der Waals surface area contributed by atoms with Gasteiger partial charge < -0.3 is 10.4 Å². The monoisotopic (exact) mass is 269 g/mol. The summed E-state index contributed by atoms with van der Waals surface area (Å²) in [7, 11) is 0. The number of aliphatic carboxylic acids is 1. The van der Waals surface area contributed by atoms with Crippen LogP contribution in [0.2, 0.25) is 0 Å². The first-order valence-corrected chi connectivity index (χ1v) is 6.87. The molecule has 0 bridgehead atoms. The first kappa shape index (κ1) is 15.7. The van der Waals surface area contributed by atoms with Gasteiger partial charge in [-0.15, -0.1) is 0 Å². The third kappa shape index (κ3) is 5.01. The van der Waals surface area contributed by atoms with Crippen LogP contribution in [0.25, 0.3) is 0 Å². The molecule has 0 radical (unpaired) electrons. The van der Waals surface area contributed by atoms with Gasteiger partial charge in [0, 0.05) is 0 Å². The lowest BCUT2D eigenvalue weighted by Gasteiger charge is -2.32. The summed E-state index contributed by atoms with van der Waals surface area (Å²) in [5.41, 5.74) is -1.27. The molecule has 5 nitrogen and oxygen atoms in total. The molecule has 2 N–H and O–H groups in total. The summed E-state index contributed by atoms with van der Waals surface area (Å²) < 4.78 is 0. The number of ketones is 1. The normalized spacial score (nSPS) is 19.5. The number of hydrogen-bond acceptors (Lipinski definition) is 3. The summed E-state index contributed by atoms with van der Waals surface area (Å²) in [6.07, 6.45) is 5.68. The lowest BCUT2D eigenvalue weighted by atomic mass is 9.80. The fourth-order valence-electron chi connectivity index (χ4n) is 2.74. The lowest BCUT2D eigenvalue weighted by Crippen LogP contribution is -2.53. The Morgan fingerprint density at radius 1 is 1.21 bits per heavy atom. The van der Waals surface area contributed by atoms with E-state index in [4.69, 9.17) is 0 Å². The van der Waals surface area contributed by atoms with Crippen molar-refractivity contribution in [3.05, 3.63) is 0 Å². The van der Waals surface area contributed by atoms with Crippen molar-refractivity contribution in [3.8, 4) is 0 Å². The minimum atomic E-state index is -1.27. The molecule has 1 amide bonds. The molecular weight excluding hydrogens is 246 g/mol. The third-order valence-electron chi connectivity index (χ3n) is 3.72. The molecule has 0 heterocycles. The van der Waals surface area contributed by atoms with E-state index in [0.717, 1.165) is 25.7 Å². The minimum absolute atomic E-state index is 0.256. The fraction of sp³-hybridized carbons (Fsp3) is 0.786. The van der Waals surface area contributed by atoms with Crippen LogP contribution in [-0.2, 0) is 14.4 Å². The maximum absolute atomic E-state index is 11.6. The van der Waals surface area contributed by atoms with E-state index in [0.29, 0.717) is 12.3 Å². The van der Waals surface area contributed by atoms with Crippen LogP contribution in [0, 0.1) is 5.92 Å². The summed E-state index contributed by atoms with van der Waals surface area (Å²) in [6.45, 7) is 2.85. The number of carboxylic acids is 1. The molecule has 0 aromatic rings. The smallest absolute Gasteiger partial charge is 0.329 e. The van der Waals surface area contributed by atoms with Gasteiger partial charge in [0.15, 0.2) is 0 Å². The van der Waals surface area contributed by atoms with Crippen molar-refractivity contribution in [1.29, 1.82) is 0 Å². The standard InChI is InChI=1S/C14H23NO4/c1-10(16)8-12(17)15-14(2,13(18)19)9-11-6-4-3-5-7-11/h11H,3-9H2,1-2H3,(H,15,17)(H,18,19). The van der Waals surface area contributed by atoms with Gasteiger partial charge in [-0.1, -0.05) is 32.1 Å². The fourth-order valence-corrected chi connectivity index (χ4v) is 2.74. The molecule has 1 fully saturated rings. The molecule has 5 heteroatoms. The van der Waals surface area contributed by atoms with Crippen LogP contribution in [-0.4, -0.2) is 28.3 Å². The Morgan fingerprint density at radius 3 is 2.26 bits per heavy atom. The Morgan fingerprint density at radius 2 is 1.79 bits per heavy atom. The minimum Gasteiger partial charge on any atom is -0.480 e. The molecule has 108 valence electrons. The highest BCUT2D eigenvalue weighted by Crippen LogP contribution is 2.30. The highest BCUT2D eigenvalue weighted by molar-refractivity contribution is 5.98. The van der Waals surface area contributed by atoms with Crippen molar-refractivity contribution in [2.45, 2.75) is 64.3 Å². The number of carbonyl (C=O) groups is 3. The molecule has 0 saturated heterocycles. The molecular formula is C14H23NO4. The quantitative estimate of drug-likeness (QED) is 0.721. The van der Waals surface area contributed by atoms with Crippen molar-refractivity contribution in [1.82, 2.24) is 5.32 Å². The van der Waals surface area contributed by atoms with E-state index < -0.39 is 17.4 Å². The second-order valence-electron chi connectivity index (χ2n) is 5.77. The number of Topliss-reactive ketones (excluding diaryl/α,β-unsaturated/α-hetero) is 1. The van der Waals surface area contributed by atoms with Crippen LogP contribution in [0.4, 0.5) is 0 Å². The zero-order chi connectivity index (χ0) is 14.5. The van der Waals surface area contributed by atoms with Crippen LogP contribution in [0.15, 0.2) is 0 Å². The van der Waals surface area contributed by atoms with E-state index in [1.54, 1.807) is 0 Å². The first-order valence-electron chi connectivity index (χ1n) is 6.87. The highest BCUT2D eigenvalue weighted by atomic mass is 16.4. The van der Waals surface area contributed by atoms with Gasteiger partial charge in [-0.3, -0.25) is 9.59 Å². The van der Waals surface area contributed by atoms with Crippen LogP contribution in [0.3, 0.4) is 0 Å². The summed E-state index contributed by atoms with van der Waals surface area (Å²) >= 11 is 0. The average molecular weight is 269 g/mol. The molecule has 1 unspecified atom stereocenters. The Balaban J connectivity index is 2.64. The van der Waals surface area contributed by atoms with E-state index in [1.165, 1.54) is 20.3 Å². The predicted molar refractivity (Wildman–Crippen MR) is 70.7 cm³/mol. The van der Waals surface area contributed by atoms with Crippen LogP contribution in [0.1, 0.15) is 58.8 Å². The van der Waals surface area contributed by atoms with E-state index >= 15 is 0 Å². The van der Waals surface area contributed by atoms with E-state index in [2.05, 4.69) is 5.32 Å². The number of nitrogens with one attached hydrogen (secondary N) is 1. The zero-order valence-electron chi connectivity index (χ0n) is 11.7. The van der Waals surface area contributed by atoms with Gasteiger partial charge in [0.2, 0.25) is 5.91 Å². The van der Waals surface area contributed by atoms with Crippen molar-refractivity contribution in [2.75, 3.05) is 0 Å². The van der Waals surface area contributed by atoms with Crippen molar-refractivity contribution >= 4 is 17.7 Å². The van der Waals surface area contributed by atoms with Gasteiger partial charge in [0.1, 0.15) is 11.3 Å². The van der Waals surface area contributed by atoms with Gasteiger partial charge in [0.05, 0.1) is 6.42 Å². The van der Waals surface area contributed by atoms with Crippen molar-refractivity contribution < 1.29 is 19.5 Å². The van der Waals surface area contributed by atoms with Crippen molar-refractivity contribution in [2.24, 2.45) is 5.92 Å². The summed E-state index contributed by atoms with van der Waals surface area (Å²) in [4.78, 5) is 33.9. The Kier molecular flexibility index (Phi) is 5.51. The summed E-state index contributed by atoms with van der Waals surface area (Å²) in [5, 5.41) is 11.9. The van der Waals surface area contributed by atoms with E-state index in [9.17, 15) is 19.5 Å². The highest BCUT2D eigenvalue weighted by Gasteiger charge is 2.37. The van der Waals surface area contributed by atoms with Crippen LogP contribution in [0.5, 0.6) is 0 Å². The Bertz CT molecular complexity index is 360. The number of amides is 1. The molecule has 1 atom stereocenters. The van der Waals surface area contributed by atoms with Crippen molar-refractivity contribution in [3.63, 3.8) is 0 Å². The summed E-state index contributed by atoms with van der Waals surface area (Å²) in [5.74, 6) is -1.46. The maximum atomic E-state index is 11.6. The Hall–Kier alpha value is -1.39. The van der Waals surface area contributed by atoms with Crippen LogP contribution >= 0.6 is 0 Å². The molecule has 1 aliphatic rings. The first-order chi connectivity index (χ1) is 8.83. The van der Waals surface area contributed by atoms with Gasteiger partial charge in [-0.25, -0.2) is 4.79 Å². The number of carbonyl (C=O) groups excluding carboxylic acids is 2. The lowest BCUT2D eigenvalue weighted by molar-refractivity contribution is -0.148. The SMILES string of the molecule is CC(=O)CC(=O)NC(C)(CC1CCCCC1)C(=O)O. The van der Waals surface area contributed by atoms with Gasteiger partial charge >= 0.3 is 5.97 Å². The number of carboxylic acid groups (broad SMARTS) is 1. The largest absolute Gasteiger partial charge is 0.480 e. The maximum Gasteiger partial charge on any atom is 0.329 e. The molecule has 19 heavy (non-hydrogen) atoms. The predicted octanol–water partition coefficient (Wildman–Crippen LogP) is 1.90. The molecule has 1 aliphatic carbocycles. The summed E-state index contributed by atoms with van der Waals surface area (Å²) in [6, 6.07) is 0. The van der Waals surface area contributed by atoms with Crippen LogP contribution < -0.4 is 5.32 Å². The molecule has 1 saturated carbocycles. The average Bonchev–Trinajstić information content (AvgIpc) is 2.28. The molecule has 0 aromatic carbocycles.